The third kappa shape index (κ3) is 4.39. The molecule has 2 aliphatic rings. The van der Waals surface area contributed by atoms with Gasteiger partial charge in [-0.3, -0.25) is 4.79 Å². The van der Waals surface area contributed by atoms with E-state index in [4.69, 9.17) is 4.74 Å². The van der Waals surface area contributed by atoms with Crippen LogP contribution in [0.15, 0.2) is 78.6 Å². The van der Waals surface area contributed by atoms with E-state index in [0.717, 1.165) is 71.7 Å². The van der Waals surface area contributed by atoms with Gasteiger partial charge in [-0.05, 0) is 36.5 Å². The molecule has 192 valence electrons. The Kier molecular flexibility index (Phi) is 7.50. The molecule has 0 amide bonds. The number of benzene rings is 3. The first kappa shape index (κ1) is 25.3. The minimum atomic E-state index is -0.777. The van der Waals surface area contributed by atoms with E-state index in [9.17, 15) is 4.79 Å². The van der Waals surface area contributed by atoms with E-state index >= 15 is 0 Å². The van der Waals surface area contributed by atoms with Crippen molar-refractivity contribution in [2.45, 2.75) is 71.1 Å². The number of carbonyl (C=O) groups excluding carboxylic acids is 1. The first-order valence-corrected chi connectivity index (χ1v) is 14.2. The molecule has 3 heteroatoms. The number of ether oxygens (including phenoxy) is 1. The van der Waals surface area contributed by atoms with E-state index in [1.807, 2.05) is 24.3 Å². The average Bonchev–Trinajstić information content (AvgIpc) is 3.27. The van der Waals surface area contributed by atoms with Crippen LogP contribution < -0.4 is 9.64 Å². The molecule has 0 aromatic heterocycles. The second-order valence-corrected chi connectivity index (χ2v) is 10.4. The Morgan fingerprint density at radius 2 is 1.41 bits per heavy atom. The summed E-state index contributed by atoms with van der Waals surface area (Å²) >= 11 is 0. The van der Waals surface area contributed by atoms with Crippen molar-refractivity contribution in [3.63, 3.8) is 0 Å². The molecule has 3 nitrogen and oxygen atoms in total. The van der Waals surface area contributed by atoms with Gasteiger partial charge in [0.25, 0.3) is 0 Å². The standard InChI is InChI=1S/C34H39NO2/c1-4-7-21-34-29-20-19-26(35(22-8-5-2)23-9-6-3)24-30(29)37-33(34)31(25-15-11-10-12-16-25)27-17-13-14-18-28(27)32(34)36/h10-20,24H,4-9,21-23H2,1-3H3. The summed E-state index contributed by atoms with van der Waals surface area (Å²) in [6.45, 7) is 8.76. The van der Waals surface area contributed by atoms with Crippen LogP contribution in [0.4, 0.5) is 5.69 Å². The minimum absolute atomic E-state index is 0.173. The van der Waals surface area contributed by atoms with Crippen LogP contribution in [0.2, 0.25) is 0 Å². The van der Waals surface area contributed by atoms with Crippen molar-refractivity contribution in [3.8, 4) is 5.75 Å². The average molecular weight is 494 g/mol. The van der Waals surface area contributed by atoms with Gasteiger partial charge in [0, 0.05) is 41.5 Å². The van der Waals surface area contributed by atoms with Crippen molar-refractivity contribution < 1.29 is 9.53 Å². The Bertz CT molecular complexity index is 1280. The molecule has 1 aliphatic heterocycles. The van der Waals surface area contributed by atoms with Crippen LogP contribution in [-0.4, -0.2) is 18.9 Å². The van der Waals surface area contributed by atoms with Gasteiger partial charge in [-0.1, -0.05) is 107 Å². The van der Waals surface area contributed by atoms with Crippen LogP contribution in [0.25, 0.3) is 5.57 Å². The maximum atomic E-state index is 14.4. The molecule has 1 atom stereocenters. The van der Waals surface area contributed by atoms with Gasteiger partial charge in [-0.25, -0.2) is 0 Å². The molecule has 0 radical (unpaired) electrons. The predicted molar refractivity (Wildman–Crippen MR) is 154 cm³/mol. The largest absolute Gasteiger partial charge is 0.459 e. The lowest BCUT2D eigenvalue weighted by molar-refractivity contribution is 0.0884. The molecule has 0 spiro atoms. The Morgan fingerprint density at radius 1 is 0.757 bits per heavy atom. The van der Waals surface area contributed by atoms with Crippen molar-refractivity contribution in [1.29, 1.82) is 0 Å². The fraction of sp³-hybridized carbons (Fsp3) is 0.382. The summed E-state index contributed by atoms with van der Waals surface area (Å²) in [5.41, 5.74) is 5.37. The van der Waals surface area contributed by atoms with Gasteiger partial charge in [-0.2, -0.15) is 0 Å². The van der Waals surface area contributed by atoms with Crippen molar-refractivity contribution in [3.05, 3.63) is 101 Å². The first-order chi connectivity index (χ1) is 18.2. The zero-order valence-electron chi connectivity index (χ0n) is 22.6. The minimum Gasteiger partial charge on any atom is -0.459 e. The van der Waals surface area contributed by atoms with E-state index in [0.29, 0.717) is 0 Å². The fourth-order valence-electron chi connectivity index (χ4n) is 5.97. The summed E-state index contributed by atoms with van der Waals surface area (Å²) < 4.78 is 6.84. The summed E-state index contributed by atoms with van der Waals surface area (Å²) in [6, 6.07) is 25.1. The van der Waals surface area contributed by atoms with E-state index in [1.165, 1.54) is 31.4 Å². The summed E-state index contributed by atoms with van der Waals surface area (Å²) in [5, 5.41) is 0. The number of carbonyl (C=O) groups is 1. The number of unbranched alkanes of at least 4 members (excludes halogenated alkanes) is 3. The lowest BCUT2D eigenvalue weighted by Crippen LogP contribution is -2.40. The number of anilines is 1. The Labute approximate surface area is 222 Å². The zero-order valence-corrected chi connectivity index (χ0v) is 22.6. The van der Waals surface area contributed by atoms with Crippen LogP contribution in [-0.2, 0) is 5.41 Å². The summed E-state index contributed by atoms with van der Waals surface area (Å²) in [7, 11) is 0. The molecule has 3 aromatic rings. The van der Waals surface area contributed by atoms with E-state index < -0.39 is 5.41 Å². The van der Waals surface area contributed by atoms with E-state index in [2.05, 4.69) is 74.2 Å². The molecule has 1 heterocycles. The third-order valence-corrected chi connectivity index (χ3v) is 7.98. The van der Waals surface area contributed by atoms with Gasteiger partial charge in [0.2, 0.25) is 0 Å². The summed E-state index contributed by atoms with van der Waals surface area (Å²) in [5.74, 6) is 1.83. The Hall–Kier alpha value is -3.33. The topological polar surface area (TPSA) is 29.5 Å². The lowest BCUT2D eigenvalue weighted by Gasteiger charge is -2.35. The molecule has 0 saturated carbocycles. The zero-order chi connectivity index (χ0) is 25.8. The van der Waals surface area contributed by atoms with Crippen molar-refractivity contribution in [1.82, 2.24) is 0 Å². The van der Waals surface area contributed by atoms with Gasteiger partial charge >= 0.3 is 0 Å². The molecule has 0 fully saturated rings. The van der Waals surface area contributed by atoms with Crippen LogP contribution in [0, 0.1) is 0 Å². The van der Waals surface area contributed by atoms with Crippen molar-refractivity contribution in [2.75, 3.05) is 18.0 Å². The van der Waals surface area contributed by atoms with Gasteiger partial charge < -0.3 is 9.64 Å². The highest BCUT2D eigenvalue weighted by Crippen LogP contribution is 2.57. The monoisotopic (exact) mass is 493 g/mol. The third-order valence-electron chi connectivity index (χ3n) is 7.98. The molecular formula is C34H39NO2. The highest BCUT2D eigenvalue weighted by atomic mass is 16.5. The van der Waals surface area contributed by atoms with Gasteiger partial charge in [-0.15, -0.1) is 0 Å². The molecule has 3 aromatic carbocycles. The second kappa shape index (κ2) is 11.0. The number of rotatable bonds is 11. The van der Waals surface area contributed by atoms with Crippen LogP contribution in [0.5, 0.6) is 5.75 Å². The number of hydrogen-bond donors (Lipinski definition) is 0. The highest BCUT2D eigenvalue weighted by Gasteiger charge is 2.55. The predicted octanol–water partition coefficient (Wildman–Crippen LogP) is 8.57. The molecule has 37 heavy (non-hydrogen) atoms. The lowest BCUT2D eigenvalue weighted by atomic mass is 9.64. The van der Waals surface area contributed by atoms with Gasteiger partial charge in [0.05, 0.1) is 0 Å². The SMILES string of the molecule is CCCCN(CCCC)c1ccc2c(c1)OC1=C(c3ccccc3)c3ccccc3C(=O)C12CCCC. The number of ketones is 1. The summed E-state index contributed by atoms with van der Waals surface area (Å²) in [4.78, 5) is 16.9. The van der Waals surface area contributed by atoms with Crippen molar-refractivity contribution >= 4 is 17.0 Å². The molecule has 0 bridgehead atoms. The maximum absolute atomic E-state index is 14.4. The molecule has 1 aliphatic carbocycles. The molecule has 1 unspecified atom stereocenters. The maximum Gasteiger partial charge on any atom is 0.181 e. The van der Waals surface area contributed by atoms with Gasteiger partial charge in [0.1, 0.15) is 16.9 Å². The molecule has 0 saturated heterocycles. The molecular weight excluding hydrogens is 454 g/mol. The molecule has 5 rings (SSSR count). The van der Waals surface area contributed by atoms with Crippen molar-refractivity contribution in [2.24, 2.45) is 0 Å². The van der Waals surface area contributed by atoms with Crippen LogP contribution >= 0.6 is 0 Å². The number of Topliss-reactive ketones (excluding diaryl/α,β-unsaturated/α-hetero) is 1. The Balaban J connectivity index is 1.70. The number of fused-ring (bicyclic) bond motifs is 4. The van der Waals surface area contributed by atoms with E-state index in [-0.39, 0.29) is 5.78 Å². The fourth-order valence-corrected chi connectivity index (χ4v) is 5.97. The summed E-state index contributed by atoms with van der Waals surface area (Å²) in [6.07, 6.45) is 7.42. The second-order valence-electron chi connectivity index (χ2n) is 10.4. The highest BCUT2D eigenvalue weighted by molar-refractivity contribution is 6.15. The molecule has 0 N–H and O–H groups in total. The quantitative estimate of drug-likeness (QED) is 0.268. The smallest absolute Gasteiger partial charge is 0.181 e. The van der Waals surface area contributed by atoms with Gasteiger partial charge in [0.15, 0.2) is 5.78 Å². The van der Waals surface area contributed by atoms with E-state index in [1.54, 1.807) is 0 Å². The van der Waals surface area contributed by atoms with Crippen LogP contribution in [0.1, 0.15) is 92.8 Å². The first-order valence-electron chi connectivity index (χ1n) is 14.2. The number of allylic oxidation sites excluding steroid dienone is 1. The normalized spacial score (nSPS) is 17.8. The van der Waals surface area contributed by atoms with Crippen LogP contribution in [0.3, 0.4) is 0 Å². The number of hydrogen-bond acceptors (Lipinski definition) is 3. The number of nitrogens with zero attached hydrogens (tertiary/aromatic N) is 1. The Morgan fingerprint density at radius 3 is 2.08 bits per heavy atom.